The van der Waals surface area contributed by atoms with Gasteiger partial charge in [0.1, 0.15) is 0 Å². The van der Waals surface area contributed by atoms with Gasteiger partial charge in [0.15, 0.2) is 5.17 Å². The molecule has 0 amide bonds. The van der Waals surface area contributed by atoms with Gasteiger partial charge in [-0.2, -0.15) is 13.2 Å². The molecule has 1 aliphatic heterocycles. The maximum absolute atomic E-state index is 12.8. The lowest BCUT2D eigenvalue weighted by atomic mass is 10.0. The summed E-state index contributed by atoms with van der Waals surface area (Å²) in [6, 6.07) is 4.01. The molecule has 1 aromatic carbocycles. The van der Waals surface area contributed by atoms with Crippen molar-refractivity contribution in [3.63, 3.8) is 0 Å². The number of alkyl halides is 3. The van der Waals surface area contributed by atoms with Crippen LogP contribution in [0.25, 0.3) is 0 Å². The van der Waals surface area contributed by atoms with Gasteiger partial charge in [-0.3, -0.25) is 4.99 Å². The van der Waals surface area contributed by atoms with Gasteiger partial charge in [0.25, 0.3) is 0 Å². The Bertz CT molecular complexity index is 574. The van der Waals surface area contributed by atoms with Crippen LogP contribution in [0, 0.1) is 5.92 Å². The summed E-state index contributed by atoms with van der Waals surface area (Å²) in [6.07, 6.45) is -0.792. The molecule has 1 aliphatic rings. The van der Waals surface area contributed by atoms with Crippen molar-refractivity contribution in [1.29, 1.82) is 0 Å². The summed E-state index contributed by atoms with van der Waals surface area (Å²) < 4.78 is 38.4. The highest BCUT2D eigenvalue weighted by Crippen LogP contribution is 2.36. The van der Waals surface area contributed by atoms with Crippen molar-refractivity contribution in [1.82, 2.24) is 0 Å². The van der Waals surface area contributed by atoms with E-state index in [4.69, 9.17) is 11.6 Å². The fourth-order valence-electron chi connectivity index (χ4n) is 1.97. The molecular formula is C18H26ClF3N2S. The van der Waals surface area contributed by atoms with Crippen LogP contribution in [0.15, 0.2) is 23.2 Å². The highest BCUT2D eigenvalue weighted by atomic mass is 35.5. The zero-order chi connectivity index (χ0) is 19.0. The molecule has 1 N–H and O–H groups in total. The van der Waals surface area contributed by atoms with Crippen LogP contribution < -0.4 is 5.32 Å². The molecule has 0 aromatic heterocycles. The third-order valence-electron chi connectivity index (χ3n) is 4.00. The van der Waals surface area contributed by atoms with Crippen molar-refractivity contribution in [2.75, 3.05) is 11.1 Å². The topological polar surface area (TPSA) is 24.4 Å². The third kappa shape index (κ3) is 7.10. The van der Waals surface area contributed by atoms with Gasteiger partial charge in [0, 0.05) is 11.4 Å². The quantitative estimate of drug-likeness (QED) is 0.589. The van der Waals surface area contributed by atoms with E-state index in [1.165, 1.54) is 36.7 Å². The molecular weight excluding hydrogens is 369 g/mol. The minimum atomic E-state index is -4.46. The van der Waals surface area contributed by atoms with Gasteiger partial charge in [0.05, 0.1) is 16.6 Å². The monoisotopic (exact) mass is 394 g/mol. The maximum atomic E-state index is 12.8. The number of hydrogen-bond donors (Lipinski definition) is 1. The maximum Gasteiger partial charge on any atom is 0.417 e. The van der Waals surface area contributed by atoms with E-state index in [0.29, 0.717) is 16.8 Å². The molecule has 0 radical (unpaired) electrons. The van der Waals surface area contributed by atoms with E-state index in [-0.39, 0.29) is 11.1 Å². The lowest BCUT2D eigenvalue weighted by Gasteiger charge is -2.12. The molecule has 25 heavy (non-hydrogen) atoms. The fraction of sp³-hybridized carbons (Fsp3) is 0.611. The summed E-state index contributed by atoms with van der Waals surface area (Å²) in [4.78, 5) is 4.52. The first-order valence-corrected chi connectivity index (χ1v) is 9.93. The summed E-state index contributed by atoms with van der Waals surface area (Å²) in [5.74, 6) is 1.32. The number of aliphatic imine (C=N–C) groups is 1. The summed E-state index contributed by atoms with van der Waals surface area (Å²) in [5.41, 5.74) is -0.487. The molecule has 0 bridgehead atoms. The second kappa shape index (κ2) is 10.3. The van der Waals surface area contributed by atoms with Gasteiger partial charge >= 0.3 is 6.18 Å². The predicted octanol–water partition coefficient (Wildman–Crippen LogP) is 7.09. The number of unbranched alkanes of at least 4 members (excludes halogenated alkanes) is 1. The predicted molar refractivity (Wildman–Crippen MR) is 104 cm³/mol. The molecule has 0 fully saturated rings. The number of halogens is 4. The zero-order valence-electron chi connectivity index (χ0n) is 15.1. The van der Waals surface area contributed by atoms with E-state index in [0.717, 1.165) is 18.2 Å². The second-order valence-corrected chi connectivity index (χ2v) is 7.43. The van der Waals surface area contributed by atoms with E-state index in [9.17, 15) is 13.2 Å². The van der Waals surface area contributed by atoms with Crippen molar-refractivity contribution in [2.45, 2.75) is 59.2 Å². The third-order valence-corrected chi connectivity index (χ3v) is 5.32. The average molecular weight is 395 g/mol. The first-order chi connectivity index (χ1) is 11.7. The summed E-state index contributed by atoms with van der Waals surface area (Å²) in [7, 11) is 0. The Morgan fingerprint density at radius 2 is 1.92 bits per heavy atom. The number of anilines is 1. The molecule has 1 aromatic rings. The Balaban J connectivity index is 0.000000705. The van der Waals surface area contributed by atoms with Gasteiger partial charge < -0.3 is 5.32 Å². The van der Waals surface area contributed by atoms with Gasteiger partial charge in [-0.05, 0) is 24.1 Å². The van der Waals surface area contributed by atoms with E-state index in [2.05, 4.69) is 38.0 Å². The molecule has 0 aliphatic carbocycles. The van der Waals surface area contributed by atoms with Crippen molar-refractivity contribution >= 4 is 34.2 Å². The molecule has 0 saturated carbocycles. The van der Waals surface area contributed by atoms with Crippen molar-refractivity contribution in [3.05, 3.63) is 28.8 Å². The van der Waals surface area contributed by atoms with Gasteiger partial charge in [0.2, 0.25) is 0 Å². The van der Waals surface area contributed by atoms with Crippen LogP contribution in [0.2, 0.25) is 5.02 Å². The SMILES string of the molecule is CCC(C)C1CSC(Nc2ccc(Cl)c(C(F)(F)F)c2)=N1.CCCC. The molecule has 2 unspecified atom stereocenters. The van der Waals surface area contributed by atoms with E-state index >= 15 is 0 Å². The Kier molecular flexibility index (Phi) is 9.14. The average Bonchev–Trinajstić information content (AvgIpc) is 3.03. The van der Waals surface area contributed by atoms with Gasteiger partial charge in [-0.15, -0.1) is 0 Å². The molecule has 0 saturated heterocycles. The van der Waals surface area contributed by atoms with E-state index in [1.54, 1.807) is 0 Å². The smallest absolute Gasteiger partial charge is 0.335 e. The second-order valence-electron chi connectivity index (χ2n) is 6.02. The van der Waals surface area contributed by atoms with Crippen molar-refractivity contribution < 1.29 is 13.2 Å². The van der Waals surface area contributed by atoms with Gasteiger partial charge in [-0.25, -0.2) is 0 Å². The lowest BCUT2D eigenvalue weighted by molar-refractivity contribution is -0.137. The standard InChI is InChI=1S/C14H16ClF3N2S.C4H10/c1-3-8(2)12-7-21-13(20-12)19-9-4-5-11(15)10(6-9)14(16,17)18;1-3-4-2/h4-6,8,12H,3,7H2,1-2H3,(H,19,20);3-4H2,1-2H3. The summed E-state index contributed by atoms with van der Waals surface area (Å²) in [6.45, 7) is 8.59. The molecule has 7 heteroatoms. The van der Waals surface area contributed by atoms with Crippen molar-refractivity contribution in [3.8, 4) is 0 Å². The zero-order valence-corrected chi connectivity index (χ0v) is 16.7. The van der Waals surface area contributed by atoms with E-state index in [1.807, 2.05) is 0 Å². The molecule has 1 heterocycles. The Labute approximate surface area is 157 Å². The molecule has 142 valence electrons. The van der Waals surface area contributed by atoms with Crippen LogP contribution in [0.4, 0.5) is 18.9 Å². The lowest BCUT2D eigenvalue weighted by Crippen LogP contribution is -2.14. The minimum Gasteiger partial charge on any atom is -0.335 e. The van der Waals surface area contributed by atoms with Crippen molar-refractivity contribution in [2.24, 2.45) is 10.9 Å². The fourth-order valence-corrected chi connectivity index (χ4v) is 3.32. The number of rotatable bonds is 4. The Morgan fingerprint density at radius 1 is 1.28 bits per heavy atom. The number of benzene rings is 1. The van der Waals surface area contributed by atoms with Crippen LogP contribution >= 0.6 is 23.4 Å². The Morgan fingerprint density at radius 3 is 2.44 bits per heavy atom. The minimum absolute atomic E-state index is 0.219. The Hall–Kier alpha value is -0.880. The van der Waals surface area contributed by atoms with Crippen LogP contribution in [0.3, 0.4) is 0 Å². The van der Waals surface area contributed by atoms with Crippen LogP contribution in [-0.2, 0) is 6.18 Å². The number of hydrogen-bond acceptors (Lipinski definition) is 3. The van der Waals surface area contributed by atoms with Gasteiger partial charge in [-0.1, -0.05) is 70.3 Å². The van der Waals surface area contributed by atoms with Crippen LogP contribution in [0.5, 0.6) is 0 Å². The largest absolute Gasteiger partial charge is 0.417 e. The highest BCUT2D eigenvalue weighted by molar-refractivity contribution is 8.14. The number of thioether (sulfide) groups is 1. The number of amidine groups is 1. The van der Waals surface area contributed by atoms with E-state index < -0.39 is 11.7 Å². The molecule has 0 spiro atoms. The highest BCUT2D eigenvalue weighted by Gasteiger charge is 2.33. The number of nitrogens with one attached hydrogen (secondary N) is 1. The number of nitrogens with zero attached hydrogens (tertiary/aromatic N) is 1. The molecule has 2 rings (SSSR count). The molecule has 2 atom stereocenters. The van der Waals surface area contributed by atoms with Crippen LogP contribution in [0.1, 0.15) is 52.5 Å². The first kappa shape index (κ1) is 22.2. The first-order valence-electron chi connectivity index (χ1n) is 8.57. The summed E-state index contributed by atoms with van der Waals surface area (Å²) in [5, 5.41) is 3.31. The normalized spacial score (nSPS) is 18.2. The van der Waals surface area contributed by atoms with Crippen LogP contribution in [-0.4, -0.2) is 17.0 Å². The molecule has 2 nitrogen and oxygen atoms in total. The summed E-state index contributed by atoms with van der Waals surface area (Å²) >= 11 is 7.13.